The van der Waals surface area contributed by atoms with Crippen LogP contribution in [0.3, 0.4) is 0 Å². The predicted octanol–water partition coefficient (Wildman–Crippen LogP) is 4.45. The molecule has 37 heavy (non-hydrogen) atoms. The van der Waals surface area contributed by atoms with E-state index in [9.17, 15) is 9.59 Å². The van der Waals surface area contributed by atoms with Crippen molar-refractivity contribution in [2.45, 2.75) is 13.3 Å². The van der Waals surface area contributed by atoms with Crippen molar-refractivity contribution in [1.29, 1.82) is 0 Å². The third-order valence-electron chi connectivity index (χ3n) is 6.19. The summed E-state index contributed by atoms with van der Waals surface area (Å²) in [5.41, 5.74) is 5.73. The molecule has 8 heteroatoms. The van der Waals surface area contributed by atoms with Crippen molar-refractivity contribution in [2.75, 3.05) is 41.8 Å². The van der Waals surface area contributed by atoms with Gasteiger partial charge in [-0.2, -0.15) is 5.10 Å². The van der Waals surface area contributed by atoms with E-state index in [0.29, 0.717) is 11.3 Å². The minimum Gasteiger partial charge on any atom is -0.378 e. The minimum absolute atomic E-state index is 0.113. The summed E-state index contributed by atoms with van der Waals surface area (Å²) in [5.74, 6) is -0.322. The van der Waals surface area contributed by atoms with E-state index < -0.39 is 0 Å². The normalized spacial score (nSPS) is 13.3. The lowest BCUT2D eigenvalue weighted by Gasteiger charge is -2.28. The van der Waals surface area contributed by atoms with E-state index in [1.54, 1.807) is 29.2 Å². The van der Waals surface area contributed by atoms with Gasteiger partial charge in [-0.15, -0.1) is 0 Å². The second-order valence-electron chi connectivity index (χ2n) is 9.04. The number of nitrogens with zero attached hydrogens (tertiary/aromatic N) is 3. The van der Waals surface area contributed by atoms with Crippen LogP contribution in [0, 0.1) is 6.92 Å². The number of carbonyl (C=O) groups excluding carboxylic acids is 2. The highest BCUT2D eigenvalue weighted by molar-refractivity contribution is 6.04. The lowest BCUT2D eigenvalue weighted by Crippen LogP contribution is -2.36. The maximum absolute atomic E-state index is 12.9. The highest BCUT2D eigenvalue weighted by Gasteiger charge is 2.13. The topological polar surface area (TPSA) is 88.5 Å². The smallest absolute Gasteiger partial charge is 0.255 e. The van der Waals surface area contributed by atoms with Crippen LogP contribution < -0.4 is 15.5 Å². The highest BCUT2D eigenvalue weighted by atomic mass is 16.5. The van der Waals surface area contributed by atoms with Crippen molar-refractivity contribution < 1.29 is 14.3 Å². The van der Waals surface area contributed by atoms with Gasteiger partial charge in [0.15, 0.2) is 0 Å². The Morgan fingerprint density at radius 2 is 1.68 bits per heavy atom. The first-order chi connectivity index (χ1) is 18.0. The standard InChI is InChI=1S/C29H29N5O3/c1-21-4-2-5-22(16-21)17-28(35)31-25-19-30-34(20-25)27-7-3-6-23(18-27)29(36)32-24-8-10-26(11-9-24)33-12-14-37-15-13-33/h2-11,16,18-20H,12-15,17H2,1H3,(H,31,35)(H,32,36). The van der Waals surface area contributed by atoms with E-state index in [4.69, 9.17) is 4.74 Å². The van der Waals surface area contributed by atoms with Gasteiger partial charge in [-0.3, -0.25) is 9.59 Å². The van der Waals surface area contributed by atoms with E-state index >= 15 is 0 Å². The molecule has 5 rings (SSSR count). The first kappa shape index (κ1) is 24.3. The second-order valence-corrected chi connectivity index (χ2v) is 9.04. The Morgan fingerprint density at radius 3 is 2.46 bits per heavy atom. The summed E-state index contributed by atoms with van der Waals surface area (Å²) < 4.78 is 7.04. The van der Waals surface area contributed by atoms with E-state index in [1.807, 2.05) is 67.6 Å². The van der Waals surface area contributed by atoms with Gasteiger partial charge in [0.05, 0.1) is 43.4 Å². The highest BCUT2D eigenvalue weighted by Crippen LogP contribution is 2.20. The van der Waals surface area contributed by atoms with Gasteiger partial charge in [0.2, 0.25) is 5.91 Å². The summed E-state index contributed by atoms with van der Waals surface area (Å²) >= 11 is 0. The van der Waals surface area contributed by atoms with E-state index in [0.717, 1.165) is 54.5 Å². The summed E-state index contributed by atoms with van der Waals surface area (Å²) in [6.07, 6.45) is 3.61. The van der Waals surface area contributed by atoms with Gasteiger partial charge in [-0.25, -0.2) is 4.68 Å². The van der Waals surface area contributed by atoms with Gasteiger partial charge < -0.3 is 20.3 Å². The molecule has 1 saturated heterocycles. The Morgan fingerprint density at radius 1 is 0.892 bits per heavy atom. The molecule has 8 nitrogen and oxygen atoms in total. The Hall–Kier alpha value is -4.43. The third kappa shape index (κ3) is 6.23. The molecule has 0 saturated carbocycles. The number of benzene rings is 3. The summed E-state index contributed by atoms with van der Waals surface area (Å²) in [7, 11) is 0. The number of aromatic nitrogens is 2. The SMILES string of the molecule is Cc1cccc(CC(=O)Nc2cnn(-c3cccc(C(=O)Nc4ccc(N5CCOCC5)cc4)c3)c2)c1. The zero-order chi connectivity index (χ0) is 25.6. The molecular formula is C29H29N5O3. The van der Waals surface area contributed by atoms with Crippen LogP contribution >= 0.6 is 0 Å². The summed E-state index contributed by atoms with van der Waals surface area (Å²) in [4.78, 5) is 27.6. The fourth-order valence-electron chi connectivity index (χ4n) is 4.31. The van der Waals surface area contributed by atoms with E-state index in [-0.39, 0.29) is 18.2 Å². The number of aryl methyl sites for hydroxylation is 1. The van der Waals surface area contributed by atoms with Crippen LogP contribution in [0.5, 0.6) is 0 Å². The van der Waals surface area contributed by atoms with Crippen molar-refractivity contribution in [3.05, 3.63) is 102 Å². The molecule has 0 aliphatic carbocycles. The van der Waals surface area contributed by atoms with E-state index in [2.05, 4.69) is 20.6 Å². The number of ether oxygens (including phenoxy) is 1. The van der Waals surface area contributed by atoms with Gasteiger partial charge in [0.1, 0.15) is 0 Å². The number of carbonyl (C=O) groups is 2. The molecule has 1 fully saturated rings. The Bertz CT molecular complexity index is 1390. The number of hydrogen-bond acceptors (Lipinski definition) is 5. The summed E-state index contributed by atoms with van der Waals surface area (Å²) in [6.45, 7) is 5.19. The minimum atomic E-state index is -0.209. The van der Waals surface area contributed by atoms with Gasteiger partial charge >= 0.3 is 0 Å². The van der Waals surface area contributed by atoms with Crippen LogP contribution in [0.4, 0.5) is 17.1 Å². The summed E-state index contributed by atoms with van der Waals surface area (Å²) in [6, 6.07) is 22.9. The van der Waals surface area contributed by atoms with Crippen LogP contribution in [-0.2, 0) is 16.0 Å². The molecule has 1 aliphatic rings. The average molecular weight is 496 g/mol. The molecule has 188 valence electrons. The second kappa shape index (κ2) is 11.1. The first-order valence-electron chi connectivity index (χ1n) is 12.3. The molecule has 0 bridgehead atoms. The lowest BCUT2D eigenvalue weighted by molar-refractivity contribution is -0.115. The maximum atomic E-state index is 12.9. The van der Waals surface area contributed by atoms with Crippen LogP contribution in [0.2, 0.25) is 0 Å². The molecule has 2 amide bonds. The molecular weight excluding hydrogens is 466 g/mol. The van der Waals surface area contributed by atoms with Crippen LogP contribution in [0.25, 0.3) is 5.69 Å². The molecule has 0 atom stereocenters. The molecule has 2 N–H and O–H groups in total. The average Bonchev–Trinajstić information content (AvgIpc) is 3.38. The Balaban J connectivity index is 1.21. The van der Waals surface area contributed by atoms with Crippen LogP contribution in [-0.4, -0.2) is 47.9 Å². The summed E-state index contributed by atoms with van der Waals surface area (Å²) in [5, 5.41) is 10.2. The predicted molar refractivity (Wildman–Crippen MR) is 145 cm³/mol. The molecule has 1 aromatic heterocycles. The molecule has 4 aromatic rings. The van der Waals surface area contributed by atoms with Gasteiger partial charge in [-0.1, -0.05) is 35.9 Å². The monoisotopic (exact) mass is 495 g/mol. The maximum Gasteiger partial charge on any atom is 0.255 e. The number of amides is 2. The fraction of sp³-hybridized carbons (Fsp3) is 0.207. The zero-order valence-corrected chi connectivity index (χ0v) is 20.7. The van der Waals surface area contributed by atoms with Crippen molar-refractivity contribution >= 4 is 28.9 Å². The van der Waals surface area contributed by atoms with Crippen molar-refractivity contribution in [1.82, 2.24) is 9.78 Å². The lowest BCUT2D eigenvalue weighted by atomic mass is 10.1. The molecule has 3 aromatic carbocycles. The van der Waals surface area contributed by atoms with Crippen molar-refractivity contribution in [3.63, 3.8) is 0 Å². The Labute approximate surface area is 215 Å². The number of hydrogen-bond donors (Lipinski definition) is 2. The third-order valence-corrected chi connectivity index (χ3v) is 6.19. The van der Waals surface area contributed by atoms with Crippen molar-refractivity contribution in [2.24, 2.45) is 0 Å². The quantitative estimate of drug-likeness (QED) is 0.396. The first-order valence-corrected chi connectivity index (χ1v) is 12.3. The number of anilines is 3. The fourth-order valence-corrected chi connectivity index (χ4v) is 4.31. The molecule has 1 aliphatic heterocycles. The molecule has 0 unspecified atom stereocenters. The molecule has 2 heterocycles. The largest absolute Gasteiger partial charge is 0.378 e. The van der Waals surface area contributed by atoms with Gasteiger partial charge in [0, 0.05) is 30.0 Å². The van der Waals surface area contributed by atoms with Crippen LogP contribution in [0.15, 0.2) is 85.2 Å². The Kier molecular flexibility index (Phi) is 7.28. The number of rotatable bonds is 7. The zero-order valence-electron chi connectivity index (χ0n) is 20.7. The van der Waals surface area contributed by atoms with Crippen molar-refractivity contribution in [3.8, 4) is 5.69 Å². The molecule has 0 radical (unpaired) electrons. The number of morpholine rings is 1. The van der Waals surface area contributed by atoms with E-state index in [1.165, 1.54) is 0 Å². The van der Waals surface area contributed by atoms with Gasteiger partial charge in [-0.05, 0) is 55.0 Å². The number of nitrogens with one attached hydrogen (secondary N) is 2. The molecule has 0 spiro atoms. The van der Waals surface area contributed by atoms with Gasteiger partial charge in [0.25, 0.3) is 5.91 Å². The van der Waals surface area contributed by atoms with Crippen LogP contribution in [0.1, 0.15) is 21.5 Å².